The van der Waals surface area contributed by atoms with E-state index in [1.165, 1.54) is 23.5 Å². The van der Waals surface area contributed by atoms with Gasteiger partial charge < -0.3 is 10.0 Å². The molecule has 1 fully saturated rings. The van der Waals surface area contributed by atoms with E-state index >= 15 is 0 Å². The first-order chi connectivity index (χ1) is 11.5. The number of anilines is 1. The molecule has 0 bridgehead atoms. The summed E-state index contributed by atoms with van der Waals surface area (Å²) >= 11 is 1.38. The maximum Gasteiger partial charge on any atom is 0.323 e. The molecule has 0 radical (unpaired) electrons. The Morgan fingerprint density at radius 1 is 1.54 bits per heavy atom. The Kier molecular flexibility index (Phi) is 5.11. The lowest BCUT2D eigenvalue weighted by molar-refractivity contribution is 0.135. The molecule has 1 heterocycles. The number of nitrogens with zero attached hydrogens (tertiary/aromatic N) is 2. The Labute approximate surface area is 144 Å². The van der Waals surface area contributed by atoms with Crippen molar-refractivity contribution in [3.05, 3.63) is 46.7 Å². The van der Waals surface area contributed by atoms with Crippen LogP contribution in [-0.2, 0) is 6.42 Å². The Balaban J connectivity index is 1.61. The lowest BCUT2D eigenvalue weighted by atomic mass is 10.1. The third-order valence-electron chi connectivity index (χ3n) is 3.74. The van der Waals surface area contributed by atoms with Gasteiger partial charge in [-0.15, -0.1) is 11.3 Å². The summed E-state index contributed by atoms with van der Waals surface area (Å²) in [5.74, 6) is -0.260. The normalized spacial score (nSPS) is 15.1. The second kappa shape index (κ2) is 7.27. The van der Waals surface area contributed by atoms with Gasteiger partial charge in [-0.25, -0.2) is 14.2 Å². The molecule has 0 spiro atoms. The molecule has 3 rings (SSSR count). The number of rotatable bonds is 6. The fourth-order valence-electron chi connectivity index (χ4n) is 2.53. The summed E-state index contributed by atoms with van der Waals surface area (Å²) in [7, 11) is 0. The molecule has 1 aliphatic carbocycles. The number of aliphatic hydroxyl groups excluding tert-OH is 1. The van der Waals surface area contributed by atoms with Crippen LogP contribution in [-0.4, -0.2) is 39.7 Å². The summed E-state index contributed by atoms with van der Waals surface area (Å²) in [5, 5.41) is 12.9. The summed E-state index contributed by atoms with van der Waals surface area (Å²) in [5.41, 5.74) is 0.866. The molecule has 2 amide bonds. The van der Waals surface area contributed by atoms with Crippen molar-refractivity contribution in [1.82, 2.24) is 9.88 Å². The highest BCUT2D eigenvalue weighted by Gasteiger charge is 2.33. The van der Waals surface area contributed by atoms with E-state index in [0.717, 1.165) is 23.3 Å². The topological polar surface area (TPSA) is 65.5 Å². The van der Waals surface area contributed by atoms with Gasteiger partial charge in [0.2, 0.25) is 0 Å². The van der Waals surface area contributed by atoms with Gasteiger partial charge in [0.15, 0.2) is 5.13 Å². The van der Waals surface area contributed by atoms with E-state index < -0.39 is 6.10 Å². The van der Waals surface area contributed by atoms with Gasteiger partial charge in [-0.1, -0.05) is 12.1 Å². The summed E-state index contributed by atoms with van der Waals surface area (Å²) in [6, 6.07) is 6.43. The molecular weight excluding hydrogens is 329 g/mol. The minimum absolute atomic E-state index is 0.214. The first-order valence-electron chi connectivity index (χ1n) is 7.96. The van der Waals surface area contributed by atoms with Crippen molar-refractivity contribution < 1.29 is 14.3 Å². The molecule has 0 aliphatic heterocycles. The van der Waals surface area contributed by atoms with Crippen molar-refractivity contribution in [2.24, 2.45) is 0 Å². The highest BCUT2D eigenvalue weighted by atomic mass is 32.1. The Morgan fingerprint density at radius 3 is 3.00 bits per heavy atom. The van der Waals surface area contributed by atoms with Gasteiger partial charge in [-0.2, -0.15) is 0 Å². The molecule has 1 atom stereocenters. The summed E-state index contributed by atoms with van der Waals surface area (Å²) in [4.78, 5) is 19.2. The van der Waals surface area contributed by atoms with E-state index in [1.54, 1.807) is 24.1 Å². The van der Waals surface area contributed by atoms with Gasteiger partial charge in [0.25, 0.3) is 0 Å². The number of hydrogen-bond acceptors (Lipinski definition) is 4. The minimum Gasteiger partial charge on any atom is -0.392 e. The standard InChI is InChI=1S/C17H20FN3O2S/c1-11(22)10-21(14-5-6-14)17(23)20-16-19-9-15(24-16)8-12-3-2-4-13(18)7-12/h2-4,7,9,11,14,22H,5-6,8,10H2,1H3,(H,19,20,23). The average Bonchev–Trinajstić information content (AvgIpc) is 3.26. The van der Waals surface area contributed by atoms with Crippen LogP contribution in [0.3, 0.4) is 0 Å². The van der Waals surface area contributed by atoms with Crippen molar-refractivity contribution in [3.8, 4) is 0 Å². The number of nitrogens with one attached hydrogen (secondary N) is 1. The predicted octanol–water partition coefficient (Wildman–Crippen LogP) is 3.25. The van der Waals surface area contributed by atoms with Gasteiger partial charge in [0, 0.05) is 30.1 Å². The van der Waals surface area contributed by atoms with Crippen LogP contribution in [0.1, 0.15) is 30.2 Å². The van der Waals surface area contributed by atoms with Gasteiger partial charge in [-0.3, -0.25) is 5.32 Å². The van der Waals surface area contributed by atoms with Crippen LogP contribution >= 0.6 is 11.3 Å². The Hall–Kier alpha value is -1.99. The van der Waals surface area contributed by atoms with E-state index in [-0.39, 0.29) is 17.9 Å². The zero-order chi connectivity index (χ0) is 17.1. The van der Waals surface area contributed by atoms with Crippen LogP contribution in [0, 0.1) is 5.82 Å². The maximum atomic E-state index is 13.2. The molecule has 0 saturated heterocycles. The Morgan fingerprint density at radius 2 is 2.33 bits per heavy atom. The van der Waals surface area contributed by atoms with Crippen LogP contribution in [0.25, 0.3) is 0 Å². The van der Waals surface area contributed by atoms with E-state index in [4.69, 9.17) is 0 Å². The predicted molar refractivity (Wildman–Crippen MR) is 91.7 cm³/mol. The number of thiazole rings is 1. The lowest BCUT2D eigenvalue weighted by Gasteiger charge is -2.23. The number of hydrogen-bond donors (Lipinski definition) is 2. The van der Waals surface area contributed by atoms with Crippen LogP contribution < -0.4 is 5.32 Å². The summed E-state index contributed by atoms with van der Waals surface area (Å²) in [6.45, 7) is 1.99. The van der Waals surface area contributed by atoms with Gasteiger partial charge in [-0.05, 0) is 37.5 Å². The highest BCUT2D eigenvalue weighted by Crippen LogP contribution is 2.28. The highest BCUT2D eigenvalue weighted by molar-refractivity contribution is 7.15. The van der Waals surface area contributed by atoms with Crippen molar-refractivity contribution in [2.45, 2.75) is 38.3 Å². The zero-order valence-corrected chi connectivity index (χ0v) is 14.2. The number of aromatic nitrogens is 1. The molecule has 2 N–H and O–H groups in total. The van der Waals surface area contributed by atoms with E-state index in [9.17, 15) is 14.3 Å². The first kappa shape index (κ1) is 16.9. The number of benzene rings is 1. The molecule has 2 aromatic rings. The van der Waals surface area contributed by atoms with Crippen molar-refractivity contribution in [1.29, 1.82) is 0 Å². The largest absolute Gasteiger partial charge is 0.392 e. The number of halogens is 1. The number of urea groups is 1. The van der Waals surface area contributed by atoms with Crippen molar-refractivity contribution in [3.63, 3.8) is 0 Å². The van der Waals surface area contributed by atoms with Crippen LogP contribution in [0.5, 0.6) is 0 Å². The molecule has 1 aromatic carbocycles. The van der Waals surface area contributed by atoms with Gasteiger partial charge in [0.05, 0.1) is 6.10 Å². The third-order valence-corrected chi connectivity index (χ3v) is 4.66. The van der Waals surface area contributed by atoms with Crippen LogP contribution in [0.2, 0.25) is 0 Å². The molecule has 1 unspecified atom stereocenters. The molecule has 128 valence electrons. The second-order valence-electron chi connectivity index (χ2n) is 6.10. The monoisotopic (exact) mass is 349 g/mol. The van der Waals surface area contributed by atoms with Gasteiger partial charge in [0.1, 0.15) is 5.82 Å². The lowest BCUT2D eigenvalue weighted by Crippen LogP contribution is -2.41. The number of carbonyl (C=O) groups is 1. The fourth-order valence-corrected chi connectivity index (χ4v) is 3.36. The van der Waals surface area contributed by atoms with E-state index in [1.807, 2.05) is 6.07 Å². The average molecular weight is 349 g/mol. The minimum atomic E-state index is -0.559. The van der Waals surface area contributed by atoms with Crippen molar-refractivity contribution in [2.75, 3.05) is 11.9 Å². The maximum absolute atomic E-state index is 13.2. The molecular formula is C17H20FN3O2S. The number of amides is 2. The molecule has 24 heavy (non-hydrogen) atoms. The van der Waals surface area contributed by atoms with E-state index in [2.05, 4.69) is 10.3 Å². The number of carbonyl (C=O) groups excluding carboxylic acids is 1. The second-order valence-corrected chi connectivity index (χ2v) is 7.22. The SMILES string of the molecule is CC(O)CN(C(=O)Nc1ncc(Cc2cccc(F)c2)s1)C1CC1. The Bertz CT molecular complexity index is 715. The third kappa shape index (κ3) is 4.52. The zero-order valence-electron chi connectivity index (χ0n) is 13.4. The quantitative estimate of drug-likeness (QED) is 0.841. The van der Waals surface area contributed by atoms with Crippen LogP contribution in [0.15, 0.2) is 30.5 Å². The van der Waals surface area contributed by atoms with Crippen molar-refractivity contribution >= 4 is 22.5 Å². The molecule has 1 saturated carbocycles. The smallest absolute Gasteiger partial charge is 0.323 e. The summed E-state index contributed by atoms with van der Waals surface area (Å²) in [6.07, 6.45) is 3.66. The number of aliphatic hydroxyl groups is 1. The molecule has 1 aliphatic rings. The fraction of sp³-hybridized carbons (Fsp3) is 0.412. The van der Waals surface area contributed by atoms with Crippen LogP contribution in [0.4, 0.5) is 14.3 Å². The van der Waals surface area contributed by atoms with E-state index in [0.29, 0.717) is 18.1 Å². The molecule has 5 nitrogen and oxygen atoms in total. The first-order valence-corrected chi connectivity index (χ1v) is 8.78. The van der Waals surface area contributed by atoms with Gasteiger partial charge >= 0.3 is 6.03 Å². The summed E-state index contributed by atoms with van der Waals surface area (Å²) < 4.78 is 13.2. The molecule has 7 heteroatoms. The molecule has 1 aromatic heterocycles.